The molecule has 10 heteroatoms. The third-order valence-electron chi connectivity index (χ3n) is 4.35. The fraction of sp³-hybridized carbons (Fsp3) is 0.190. The van der Waals surface area contributed by atoms with Crippen molar-refractivity contribution in [3.63, 3.8) is 0 Å². The lowest BCUT2D eigenvalue weighted by Crippen LogP contribution is -2.35. The normalized spacial score (nSPS) is 12.2. The Kier molecular flexibility index (Phi) is 6.51. The summed E-state index contributed by atoms with van der Waals surface area (Å²) in [4.78, 5) is 12.4. The van der Waals surface area contributed by atoms with Crippen LogP contribution in [-0.2, 0) is 14.8 Å². The number of hydrogen-bond donors (Lipinski definition) is 1. The van der Waals surface area contributed by atoms with Gasteiger partial charge < -0.3 is 10.1 Å². The summed E-state index contributed by atoms with van der Waals surface area (Å²) < 4.78 is 68.5. The van der Waals surface area contributed by atoms with E-state index in [1.54, 1.807) is 18.2 Å². The van der Waals surface area contributed by atoms with Gasteiger partial charge in [-0.3, -0.25) is 4.79 Å². The van der Waals surface area contributed by atoms with Gasteiger partial charge in [-0.15, -0.1) is 0 Å². The number of halogens is 3. The van der Waals surface area contributed by atoms with Crippen molar-refractivity contribution in [2.75, 3.05) is 25.5 Å². The third-order valence-corrected chi connectivity index (χ3v) is 6.15. The minimum absolute atomic E-state index is 0.00764. The van der Waals surface area contributed by atoms with Crippen molar-refractivity contribution in [1.29, 1.82) is 0 Å². The number of nitrogens with zero attached hydrogens (tertiary/aromatic N) is 1. The molecule has 0 aromatic heterocycles. The summed E-state index contributed by atoms with van der Waals surface area (Å²) in [7, 11) is -2.72. The Labute approximate surface area is 177 Å². The van der Waals surface area contributed by atoms with E-state index in [1.165, 1.54) is 43.4 Å². The second-order valence-electron chi connectivity index (χ2n) is 6.72. The molecule has 31 heavy (non-hydrogen) atoms. The van der Waals surface area contributed by atoms with E-state index in [-0.39, 0.29) is 16.3 Å². The van der Waals surface area contributed by atoms with E-state index in [9.17, 15) is 26.4 Å². The van der Waals surface area contributed by atoms with Crippen LogP contribution in [0.4, 0.5) is 18.9 Å². The van der Waals surface area contributed by atoms with Gasteiger partial charge in [0.1, 0.15) is 5.75 Å². The van der Waals surface area contributed by atoms with E-state index in [2.05, 4.69) is 5.32 Å². The average Bonchev–Trinajstić information content (AvgIpc) is 2.72. The molecule has 1 amide bonds. The highest BCUT2D eigenvalue weighted by molar-refractivity contribution is 7.89. The van der Waals surface area contributed by atoms with Crippen LogP contribution < -0.4 is 10.1 Å². The van der Waals surface area contributed by atoms with Gasteiger partial charge in [0, 0.05) is 7.05 Å². The largest absolute Gasteiger partial charge is 0.482 e. The van der Waals surface area contributed by atoms with Gasteiger partial charge in [0.05, 0.1) is 17.1 Å². The minimum atomic E-state index is -4.54. The standard InChI is InChI=1S/C21H19F3N2O4S/c1-26(31(28,29)17-11-10-15-6-2-3-7-16(15)12-17)13-20(27)25-18-8-4-5-9-19(18)30-14-21(22,23)24/h2-12H,13-14H2,1H3,(H,25,27). The Balaban J connectivity index is 1.71. The first kappa shape index (κ1) is 22.6. The predicted octanol–water partition coefficient (Wildman–Crippen LogP) is 4.04. The molecule has 0 unspecified atom stereocenters. The van der Waals surface area contributed by atoms with Crippen molar-refractivity contribution in [2.24, 2.45) is 0 Å². The summed E-state index contributed by atoms with van der Waals surface area (Å²) in [6.45, 7) is -2.06. The number of benzene rings is 3. The molecule has 0 radical (unpaired) electrons. The maximum Gasteiger partial charge on any atom is 0.422 e. The van der Waals surface area contributed by atoms with Crippen molar-refractivity contribution < 1.29 is 31.1 Å². The molecule has 0 saturated heterocycles. The number of alkyl halides is 3. The van der Waals surface area contributed by atoms with Gasteiger partial charge in [-0.05, 0) is 35.0 Å². The first-order valence-electron chi connectivity index (χ1n) is 9.10. The smallest absolute Gasteiger partial charge is 0.422 e. The SMILES string of the molecule is CN(CC(=O)Nc1ccccc1OCC(F)(F)F)S(=O)(=O)c1ccc2ccccc2c1. The molecule has 3 aromatic carbocycles. The zero-order valence-corrected chi connectivity index (χ0v) is 17.2. The Morgan fingerprint density at radius 3 is 2.35 bits per heavy atom. The van der Waals surface area contributed by atoms with E-state index in [1.807, 2.05) is 12.1 Å². The monoisotopic (exact) mass is 452 g/mol. The molecule has 3 rings (SSSR count). The van der Waals surface area contributed by atoms with Crippen LogP contribution in [-0.4, -0.2) is 45.0 Å². The Hall–Kier alpha value is -3.11. The summed E-state index contributed by atoms with van der Waals surface area (Å²) in [5, 5.41) is 4.00. The molecule has 0 atom stereocenters. The number of ether oxygens (including phenoxy) is 1. The molecule has 0 aliphatic rings. The highest BCUT2D eigenvalue weighted by Crippen LogP contribution is 2.26. The number of nitrogens with one attached hydrogen (secondary N) is 1. The predicted molar refractivity (Wildman–Crippen MR) is 110 cm³/mol. The number of amides is 1. The van der Waals surface area contributed by atoms with Crippen LogP contribution in [0.25, 0.3) is 10.8 Å². The number of sulfonamides is 1. The number of hydrogen-bond acceptors (Lipinski definition) is 4. The summed E-state index contributed by atoms with van der Waals surface area (Å²) >= 11 is 0. The molecule has 0 fully saturated rings. The second-order valence-corrected chi connectivity index (χ2v) is 8.76. The maximum absolute atomic E-state index is 12.8. The topological polar surface area (TPSA) is 75.7 Å². The van der Waals surface area contributed by atoms with Gasteiger partial charge in [-0.1, -0.05) is 42.5 Å². The minimum Gasteiger partial charge on any atom is -0.482 e. The van der Waals surface area contributed by atoms with E-state index >= 15 is 0 Å². The zero-order valence-electron chi connectivity index (χ0n) is 16.4. The van der Waals surface area contributed by atoms with Gasteiger partial charge in [0.25, 0.3) is 0 Å². The van der Waals surface area contributed by atoms with Crippen LogP contribution in [0.5, 0.6) is 5.75 Å². The average molecular weight is 452 g/mol. The van der Waals surface area contributed by atoms with Crippen molar-refractivity contribution >= 4 is 32.4 Å². The van der Waals surface area contributed by atoms with Crippen molar-refractivity contribution in [3.05, 3.63) is 66.7 Å². The fourth-order valence-electron chi connectivity index (χ4n) is 2.84. The summed E-state index contributed by atoms with van der Waals surface area (Å²) in [6.07, 6.45) is -4.54. The van der Waals surface area contributed by atoms with Gasteiger partial charge in [0.2, 0.25) is 15.9 Å². The molecule has 1 N–H and O–H groups in total. The van der Waals surface area contributed by atoms with Crippen LogP contribution >= 0.6 is 0 Å². The number of rotatable bonds is 7. The van der Waals surface area contributed by atoms with Gasteiger partial charge in [-0.25, -0.2) is 8.42 Å². The number of likely N-dealkylation sites (N-methyl/N-ethyl adjacent to an activating group) is 1. The lowest BCUT2D eigenvalue weighted by atomic mass is 10.1. The van der Waals surface area contributed by atoms with Gasteiger partial charge in [-0.2, -0.15) is 17.5 Å². The highest BCUT2D eigenvalue weighted by Gasteiger charge is 2.29. The van der Waals surface area contributed by atoms with Crippen LogP contribution in [0.3, 0.4) is 0 Å². The van der Waals surface area contributed by atoms with Crippen molar-refractivity contribution in [3.8, 4) is 5.75 Å². The molecule has 6 nitrogen and oxygen atoms in total. The lowest BCUT2D eigenvalue weighted by Gasteiger charge is -2.18. The van der Waals surface area contributed by atoms with Crippen molar-refractivity contribution in [1.82, 2.24) is 4.31 Å². The quantitative estimate of drug-likeness (QED) is 0.587. The Morgan fingerprint density at radius 2 is 1.65 bits per heavy atom. The molecule has 0 aliphatic heterocycles. The second kappa shape index (κ2) is 8.94. The molecule has 0 aliphatic carbocycles. The van der Waals surface area contributed by atoms with Crippen molar-refractivity contribution in [2.45, 2.75) is 11.1 Å². The Bertz CT molecular complexity index is 1200. The zero-order chi connectivity index (χ0) is 22.6. The number of anilines is 1. The number of para-hydroxylation sites is 2. The molecular weight excluding hydrogens is 433 g/mol. The number of carbonyl (C=O) groups is 1. The van der Waals surface area contributed by atoms with Gasteiger partial charge >= 0.3 is 6.18 Å². The summed E-state index contributed by atoms with van der Waals surface area (Å²) in [5.41, 5.74) is 0.00764. The number of fused-ring (bicyclic) bond motifs is 1. The lowest BCUT2D eigenvalue weighted by molar-refractivity contribution is -0.153. The van der Waals surface area contributed by atoms with E-state index in [0.717, 1.165) is 15.1 Å². The first-order chi connectivity index (χ1) is 14.6. The van der Waals surface area contributed by atoms with E-state index in [4.69, 9.17) is 4.74 Å². The molecule has 0 bridgehead atoms. The molecular formula is C21H19F3N2O4S. The molecule has 0 heterocycles. The summed E-state index contributed by atoms with van der Waals surface area (Å²) in [6, 6.07) is 17.5. The van der Waals surface area contributed by atoms with Crippen LogP contribution in [0.15, 0.2) is 71.6 Å². The highest BCUT2D eigenvalue weighted by atomic mass is 32.2. The summed E-state index contributed by atoms with van der Waals surface area (Å²) in [5.74, 6) is -0.900. The van der Waals surface area contributed by atoms with Gasteiger partial charge in [0.15, 0.2) is 6.61 Å². The number of carbonyl (C=O) groups excluding carboxylic acids is 1. The Morgan fingerprint density at radius 1 is 1.00 bits per heavy atom. The molecule has 3 aromatic rings. The first-order valence-corrected chi connectivity index (χ1v) is 10.5. The molecule has 0 spiro atoms. The van der Waals surface area contributed by atoms with E-state index in [0.29, 0.717) is 0 Å². The van der Waals surface area contributed by atoms with Crippen LogP contribution in [0, 0.1) is 0 Å². The van der Waals surface area contributed by atoms with E-state index < -0.39 is 35.3 Å². The third kappa shape index (κ3) is 5.74. The fourth-order valence-corrected chi connectivity index (χ4v) is 4.00. The molecule has 0 saturated carbocycles. The maximum atomic E-state index is 12.8. The van der Waals surface area contributed by atoms with Crippen LogP contribution in [0.1, 0.15) is 0 Å². The molecule has 164 valence electrons. The van der Waals surface area contributed by atoms with Crippen LogP contribution in [0.2, 0.25) is 0 Å².